The molecule has 4 heterocycles. The highest BCUT2D eigenvalue weighted by Crippen LogP contribution is 2.33. The fourth-order valence-electron chi connectivity index (χ4n) is 4.59. The molecule has 1 atom stereocenters. The van der Waals surface area contributed by atoms with Crippen LogP contribution in [0.5, 0.6) is 5.75 Å². The van der Waals surface area contributed by atoms with Gasteiger partial charge in [0.05, 0.1) is 30.6 Å². The zero-order valence-corrected chi connectivity index (χ0v) is 19.2. The van der Waals surface area contributed by atoms with Crippen LogP contribution >= 0.6 is 0 Å². The summed E-state index contributed by atoms with van der Waals surface area (Å²) in [5.74, 6) is 1.08. The van der Waals surface area contributed by atoms with Crippen molar-refractivity contribution in [3.8, 4) is 16.9 Å². The van der Waals surface area contributed by atoms with E-state index in [2.05, 4.69) is 15.4 Å². The maximum absolute atomic E-state index is 14.6. The summed E-state index contributed by atoms with van der Waals surface area (Å²) < 4.78 is 23.9. The van der Waals surface area contributed by atoms with Gasteiger partial charge >= 0.3 is 0 Å². The van der Waals surface area contributed by atoms with Gasteiger partial charge in [0.25, 0.3) is 0 Å². The minimum atomic E-state index is -0.500. The van der Waals surface area contributed by atoms with Crippen molar-refractivity contribution in [2.75, 3.05) is 11.9 Å². The third-order valence-corrected chi connectivity index (χ3v) is 6.06. The van der Waals surface area contributed by atoms with Crippen LogP contribution in [0.1, 0.15) is 35.1 Å². The lowest BCUT2D eigenvalue weighted by molar-refractivity contribution is 0.167. The lowest BCUT2D eigenvalue weighted by Crippen LogP contribution is -2.14. The van der Waals surface area contributed by atoms with E-state index in [4.69, 9.17) is 9.72 Å². The Morgan fingerprint density at radius 1 is 1.27 bits per heavy atom. The van der Waals surface area contributed by atoms with Crippen LogP contribution in [0.4, 0.5) is 10.3 Å². The van der Waals surface area contributed by atoms with Gasteiger partial charge in [0.2, 0.25) is 5.95 Å². The quantitative estimate of drug-likeness (QED) is 0.467. The first kappa shape index (κ1) is 21.4. The number of aliphatic hydroxyl groups excluding tert-OH is 1. The Balaban J connectivity index is 1.53. The molecule has 5 rings (SSSR count). The van der Waals surface area contributed by atoms with E-state index in [9.17, 15) is 9.50 Å². The second kappa shape index (κ2) is 8.15. The van der Waals surface area contributed by atoms with Crippen LogP contribution in [0.25, 0.3) is 16.8 Å². The smallest absolute Gasteiger partial charge is 0.208 e. The molecule has 0 saturated heterocycles. The molecule has 0 spiro atoms. The molecule has 8 nitrogen and oxygen atoms in total. The molecule has 0 fully saturated rings. The number of halogens is 1. The predicted molar refractivity (Wildman–Crippen MR) is 123 cm³/mol. The number of anilines is 1. The van der Waals surface area contributed by atoms with Gasteiger partial charge in [0.15, 0.2) is 0 Å². The van der Waals surface area contributed by atoms with Crippen LogP contribution in [0.3, 0.4) is 0 Å². The van der Waals surface area contributed by atoms with Gasteiger partial charge in [0, 0.05) is 53.3 Å². The molecule has 1 aliphatic heterocycles. The first-order valence-corrected chi connectivity index (χ1v) is 11.1. The van der Waals surface area contributed by atoms with Gasteiger partial charge in [-0.15, -0.1) is 0 Å². The van der Waals surface area contributed by atoms with Gasteiger partial charge in [-0.05, 0) is 39.8 Å². The number of aliphatic hydroxyl groups is 1. The summed E-state index contributed by atoms with van der Waals surface area (Å²) in [6, 6.07) is 3.14. The second-order valence-electron chi connectivity index (χ2n) is 8.60. The summed E-state index contributed by atoms with van der Waals surface area (Å²) in [6.45, 7) is 8.88. The van der Waals surface area contributed by atoms with Crippen molar-refractivity contribution in [2.24, 2.45) is 0 Å². The molecule has 33 heavy (non-hydrogen) atoms. The topological polar surface area (TPSA) is 89.5 Å². The van der Waals surface area contributed by atoms with Crippen molar-refractivity contribution in [3.63, 3.8) is 0 Å². The standard InChI is InChI=1S/C24H27FN6O2/c1-13-11-30-23(28-13)19(22-15(3)29-31(16(22)4)12-14(2)32)10-27-24(30)26-9-18-17-7-8-33-21(17)6-5-20(18)25/h5-6,10-11,14,32H,7-9,12H2,1-4H3,(H,26,27)/t14-/m0/s1. The molecule has 9 heteroatoms. The van der Waals surface area contributed by atoms with E-state index in [1.54, 1.807) is 19.2 Å². The number of fused-ring (bicyclic) bond motifs is 2. The van der Waals surface area contributed by atoms with E-state index in [-0.39, 0.29) is 5.82 Å². The monoisotopic (exact) mass is 450 g/mol. The number of rotatable bonds is 6. The Morgan fingerprint density at radius 2 is 2.09 bits per heavy atom. The van der Waals surface area contributed by atoms with E-state index in [0.29, 0.717) is 37.6 Å². The van der Waals surface area contributed by atoms with Crippen LogP contribution in [0.2, 0.25) is 0 Å². The van der Waals surface area contributed by atoms with Crippen LogP contribution in [-0.2, 0) is 19.5 Å². The maximum Gasteiger partial charge on any atom is 0.208 e. The third kappa shape index (κ3) is 3.72. The number of benzene rings is 1. The summed E-state index contributed by atoms with van der Waals surface area (Å²) in [5, 5.41) is 17.7. The maximum atomic E-state index is 14.6. The molecular formula is C24H27FN6O2. The Morgan fingerprint density at radius 3 is 2.88 bits per heavy atom. The molecule has 3 aromatic heterocycles. The van der Waals surface area contributed by atoms with Crippen molar-refractivity contribution in [2.45, 2.75) is 53.3 Å². The Labute approximate surface area is 191 Å². The highest BCUT2D eigenvalue weighted by Gasteiger charge is 2.22. The van der Waals surface area contributed by atoms with Gasteiger partial charge in [-0.25, -0.2) is 14.4 Å². The number of imidazole rings is 1. The van der Waals surface area contributed by atoms with E-state index >= 15 is 0 Å². The molecule has 1 aromatic carbocycles. The van der Waals surface area contributed by atoms with E-state index in [0.717, 1.165) is 45.2 Å². The van der Waals surface area contributed by atoms with Crippen LogP contribution in [-0.4, -0.2) is 42.0 Å². The molecule has 0 unspecified atom stereocenters. The van der Waals surface area contributed by atoms with Crippen LogP contribution < -0.4 is 10.1 Å². The summed E-state index contributed by atoms with van der Waals surface area (Å²) in [4.78, 5) is 9.39. The number of nitrogens with zero attached hydrogens (tertiary/aromatic N) is 5. The minimum absolute atomic E-state index is 0.252. The molecule has 0 amide bonds. The normalized spacial score (nSPS) is 13.9. The Hall–Kier alpha value is -3.46. The van der Waals surface area contributed by atoms with Crippen molar-refractivity contribution in [3.05, 3.63) is 58.6 Å². The highest BCUT2D eigenvalue weighted by molar-refractivity contribution is 5.81. The van der Waals surface area contributed by atoms with Gasteiger partial charge in [-0.3, -0.25) is 9.08 Å². The number of aromatic nitrogens is 5. The van der Waals surface area contributed by atoms with E-state index in [1.165, 1.54) is 6.07 Å². The largest absolute Gasteiger partial charge is 0.493 e. The molecule has 0 saturated carbocycles. The predicted octanol–water partition coefficient (Wildman–Crippen LogP) is 3.58. The lowest BCUT2D eigenvalue weighted by Gasteiger charge is -2.13. The average Bonchev–Trinajstić information content (AvgIpc) is 3.45. The Kier molecular flexibility index (Phi) is 5.28. The summed E-state index contributed by atoms with van der Waals surface area (Å²) in [7, 11) is 0. The minimum Gasteiger partial charge on any atom is -0.493 e. The lowest BCUT2D eigenvalue weighted by atomic mass is 10.0. The number of ether oxygens (including phenoxy) is 1. The Bertz CT molecular complexity index is 1360. The van der Waals surface area contributed by atoms with Crippen molar-refractivity contribution in [1.29, 1.82) is 0 Å². The van der Waals surface area contributed by atoms with Gasteiger partial charge in [-0.1, -0.05) is 0 Å². The van der Waals surface area contributed by atoms with Crippen molar-refractivity contribution >= 4 is 11.6 Å². The number of aryl methyl sites for hydroxylation is 2. The molecule has 1 aliphatic rings. The van der Waals surface area contributed by atoms with E-state index in [1.807, 2.05) is 36.1 Å². The molecule has 0 bridgehead atoms. The zero-order valence-electron chi connectivity index (χ0n) is 19.2. The van der Waals surface area contributed by atoms with Crippen LogP contribution in [0, 0.1) is 26.6 Å². The number of nitrogens with one attached hydrogen (secondary N) is 1. The van der Waals surface area contributed by atoms with Gasteiger partial charge in [-0.2, -0.15) is 5.10 Å². The molecule has 4 aromatic rings. The SMILES string of the molecule is Cc1cn2c(NCc3c(F)ccc4c3CCO4)ncc(-c3c(C)nn(C[C@H](C)O)c3C)c2n1. The molecular weight excluding hydrogens is 423 g/mol. The van der Waals surface area contributed by atoms with E-state index < -0.39 is 6.10 Å². The van der Waals surface area contributed by atoms with Gasteiger partial charge in [0.1, 0.15) is 17.2 Å². The first-order valence-electron chi connectivity index (χ1n) is 11.1. The highest BCUT2D eigenvalue weighted by atomic mass is 19.1. The fraction of sp³-hybridized carbons (Fsp3) is 0.375. The molecule has 2 N–H and O–H groups in total. The summed E-state index contributed by atoms with van der Waals surface area (Å²) >= 11 is 0. The van der Waals surface area contributed by atoms with Crippen LogP contribution in [0.15, 0.2) is 24.5 Å². The number of hydrogen-bond donors (Lipinski definition) is 2. The zero-order chi connectivity index (χ0) is 23.3. The third-order valence-electron chi connectivity index (χ3n) is 6.06. The van der Waals surface area contributed by atoms with Crippen molar-refractivity contribution in [1.82, 2.24) is 24.1 Å². The summed E-state index contributed by atoms with van der Waals surface area (Å²) in [5.41, 5.74) is 6.71. The molecule has 0 radical (unpaired) electrons. The fourth-order valence-corrected chi connectivity index (χ4v) is 4.59. The molecule has 172 valence electrons. The van der Waals surface area contributed by atoms with Gasteiger partial charge < -0.3 is 15.2 Å². The van der Waals surface area contributed by atoms with Crippen molar-refractivity contribution < 1.29 is 14.2 Å². The second-order valence-corrected chi connectivity index (χ2v) is 8.60. The molecule has 0 aliphatic carbocycles. The first-order chi connectivity index (χ1) is 15.8. The summed E-state index contributed by atoms with van der Waals surface area (Å²) in [6.07, 6.45) is 3.89. The number of hydrogen-bond acceptors (Lipinski definition) is 6. The average molecular weight is 451 g/mol.